The van der Waals surface area contributed by atoms with Gasteiger partial charge < -0.3 is 9.67 Å². The fraction of sp³-hybridized carbons (Fsp3) is 0.143. The maximum Gasteiger partial charge on any atom is 0.0956 e. The molecule has 3 heterocycles. The van der Waals surface area contributed by atoms with Crippen LogP contribution in [0, 0.1) is 0 Å². The molecule has 1 aliphatic heterocycles. The average molecular weight is 327 g/mol. The van der Waals surface area contributed by atoms with E-state index in [2.05, 4.69) is 32.7 Å². The summed E-state index contributed by atoms with van der Waals surface area (Å²) in [5.74, 6) is 0. The molecule has 0 fully saturated rings. The average Bonchev–Trinajstić information content (AvgIpc) is 3.24. The summed E-state index contributed by atoms with van der Waals surface area (Å²) < 4.78 is 2.16. The van der Waals surface area contributed by atoms with Crippen LogP contribution in [-0.4, -0.2) is 19.6 Å². The van der Waals surface area contributed by atoms with Crippen LogP contribution in [0.15, 0.2) is 73.3 Å². The van der Waals surface area contributed by atoms with Gasteiger partial charge >= 0.3 is 0 Å². The van der Waals surface area contributed by atoms with E-state index in [1.807, 2.05) is 48.9 Å². The van der Waals surface area contributed by atoms with Crippen LogP contribution < -0.4 is 0 Å². The Morgan fingerprint density at radius 3 is 2.96 bits per heavy atom. The number of hydrogen-bond donors (Lipinski definition) is 1. The van der Waals surface area contributed by atoms with Gasteiger partial charge in [-0.05, 0) is 23.3 Å². The molecular weight excluding hydrogens is 310 g/mol. The maximum absolute atomic E-state index is 10.9. The van der Waals surface area contributed by atoms with Crippen molar-refractivity contribution in [2.45, 2.75) is 18.6 Å². The van der Waals surface area contributed by atoms with E-state index >= 15 is 0 Å². The molecule has 2 aromatic heterocycles. The summed E-state index contributed by atoms with van der Waals surface area (Å²) in [6.45, 7) is 0. The molecule has 25 heavy (non-hydrogen) atoms. The summed E-state index contributed by atoms with van der Waals surface area (Å²) in [6, 6.07) is 18.4. The van der Waals surface area contributed by atoms with E-state index in [0.717, 1.165) is 22.2 Å². The number of aliphatic hydroxyl groups is 1. The first-order chi connectivity index (χ1) is 12.3. The zero-order valence-corrected chi connectivity index (χ0v) is 13.6. The highest BCUT2D eigenvalue weighted by Gasteiger charge is 2.30. The maximum atomic E-state index is 10.9. The predicted octanol–water partition coefficient (Wildman–Crippen LogP) is 4.12. The zero-order valence-electron chi connectivity index (χ0n) is 13.6. The molecule has 0 aliphatic carbocycles. The Morgan fingerprint density at radius 2 is 2.00 bits per heavy atom. The highest BCUT2D eigenvalue weighted by Crippen LogP contribution is 2.43. The normalized spacial score (nSPS) is 16.6. The number of hydrogen-bond acceptors (Lipinski definition) is 3. The number of nitrogens with zero attached hydrogens (tertiary/aromatic N) is 3. The lowest BCUT2D eigenvalue weighted by atomic mass is 9.95. The van der Waals surface area contributed by atoms with E-state index in [1.54, 1.807) is 6.20 Å². The van der Waals surface area contributed by atoms with Crippen LogP contribution in [-0.2, 0) is 0 Å². The Balaban J connectivity index is 1.50. The molecule has 0 saturated heterocycles. The van der Waals surface area contributed by atoms with Crippen molar-refractivity contribution >= 4 is 10.9 Å². The van der Waals surface area contributed by atoms with E-state index in [4.69, 9.17) is 0 Å². The van der Waals surface area contributed by atoms with Gasteiger partial charge in [-0.2, -0.15) is 0 Å². The molecule has 1 N–H and O–H groups in total. The molecule has 4 aromatic rings. The summed E-state index contributed by atoms with van der Waals surface area (Å²) in [6.07, 6.45) is 5.58. The Labute approximate surface area is 145 Å². The lowest BCUT2D eigenvalue weighted by Gasteiger charge is -2.19. The number of pyridine rings is 1. The van der Waals surface area contributed by atoms with E-state index < -0.39 is 6.10 Å². The number of rotatable bonds is 3. The number of benzene rings is 2. The second-order valence-electron chi connectivity index (χ2n) is 6.50. The molecule has 122 valence electrons. The van der Waals surface area contributed by atoms with Gasteiger partial charge in [0.05, 0.1) is 35.9 Å². The van der Waals surface area contributed by atoms with Crippen molar-refractivity contribution < 1.29 is 5.11 Å². The summed E-state index contributed by atoms with van der Waals surface area (Å²) in [7, 11) is 0. The molecule has 5 rings (SSSR count). The van der Waals surface area contributed by atoms with Gasteiger partial charge in [-0.15, -0.1) is 0 Å². The first-order valence-electron chi connectivity index (χ1n) is 8.45. The lowest BCUT2D eigenvalue weighted by molar-refractivity contribution is 0.154. The molecule has 0 spiro atoms. The molecule has 4 heteroatoms. The third kappa shape index (κ3) is 2.26. The third-order valence-corrected chi connectivity index (χ3v) is 5.06. The minimum absolute atomic E-state index is 0.100. The van der Waals surface area contributed by atoms with E-state index in [9.17, 15) is 5.11 Å². The van der Waals surface area contributed by atoms with Gasteiger partial charge in [-0.3, -0.25) is 4.98 Å². The van der Waals surface area contributed by atoms with Crippen LogP contribution in [0.2, 0.25) is 0 Å². The van der Waals surface area contributed by atoms with Crippen molar-refractivity contribution in [1.29, 1.82) is 0 Å². The van der Waals surface area contributed by atoms with Crippen LogP contribution in [0.25, 0.3) is 22.2 Å². The first kappa shape index (κ1) is 14.4. The van der Waals surface area contributed by atoms with Crippen LogP contribution >= 0.6 is 0 Å². The molecule has 2 aromatic carbocycles. The van der Waals surface area contributed by atoms with Gasteiger partial charge in [-0.1, -0.05) is 42.5 Å². The standard InChI is InChI=1S/C21H17N3O/c25-21(15-8-7-14-4-3-9-23-18(14)10-15)11-19-16-5-1-2-6-17(16)20-12-22-13-24(19)20/h1-10,12-13,19,21,25H,11H2. The van der Waals surface area contributed by atoms with Gasteiger partial charge in [-0.25, -0.2) is 4.98 Å². The Bertz CT molecular complexity index is 1070. The van der Waals surface area contributed by atoms with Crippen molar-refractivity contribution in [3.8, 4) is 11.3 Å². The number of aromatic nitrogens is 3. The van der Waals surface area contributed by atoms with Crippen molar-refractivity contribution in [1.82, 2.24) is 14.5 Å². The predicted molar refractivity (Wildman–Crippen MR) is 97.1 cm³/mol. The van der Waals surface area contributed by atoms with Crippen LogP contribution in [0.5, 0.6) is 0 Å². The summed E-state index contributed by atoms with van der Waals surface area (Å²) in [5, 5.41) is 12.0. The molecule has 0 radical (unpaired) electrons. The van der Waals surface area contributed by atoms with Gasteiger partial charge in [0.25, 0.3) is 0 Å². The fourth-order valence-electron chi connectivity index (χ4n) is 3.81. The summed E-state index contributed by atoms with van der Waals surface area (Å²) >= 11 is 0. The second-order valence-corrected chi connectivity index (χ2v) is 6.50. The molecule has 0 saturated carbocycles. The van der Waals surface area contributed by atoms with Crippen molar-refractivity contribution in [3.05, 3.63) is 84.4 Å². The number of imidazole rings is 1. The van der Waals surface area contributed by atoms with E-state index in [1.165, 1.54) is 11.1 Å². The van der Waals surface area contributed by atoms with Crippen molar-refractivity contribution in [3.63, 3.8) is 0 Å². The third-order valence-electron chi connectivity index (χ3n) is 5.06. The number of aliphatic hydroxyl groups excluding tert-OH is 1. The minimum Gasteiger partial charge on any atom is -0.388 e. The molecule has 0 amide bonds. The first-order valence-corrected chi connectivity index (χ1v) is 8.45. The van der Waals surface area contributed by atoms with Crippen LogP contribution in [0.4, 0.5) is 0 Å². The van der Waals surface area contributed by atoms with Gasteiger partial charge in [0.2, 0.25) is 0 Å². The SMILES string of the molecule is OC(CC1c2ccccc2-c2cncn21)c1ccc2cccnc2c1. The number of fused-ring (bicyclic) bond motifs is 4. The zero-order chi connectivity index (χ0) is 16.8. The van der Waals surface area contributed by atoms with Gasteiger partial charge in [0.1, 0.15) is 0 Å². The van der Waals surface area contributed by atoms with Gasteiger partial charge in [0.15, 0.2) is 0 Å². The Hall–Kier alpha value is -2.98. The molecular formula is C21H17N3O. The minimum atomic E-state index is -0.558. The monoisotopic (exact) mass is 327 g/mol. The van der Waals surface area contributed by atoms with Gasteiger partial charge in [0, 0.05) is 23.6 Å². The topological polar surface area (TPSA) is 50.9 Å². The lowest BCUT2D eigenvalue weighted by Crippen LogP contribution is -2.10. The smallest absolute Gasteiger partial charge is 0.0956 e. The summed E-state index contributed by atoms with van der Waals surface area (Å²) in [4.78, 5) is 8.68. The molecule has 4 nitrogen and oxygen atoms in total. The largest absolute Gasteiger partial charge is 0.388 e. The van der Waals surface area contributed by atoms with Crippen LogP contribution in [0.3, 0.4) is 0 Å². The van der Waals surface area contributed by atoms with Crippen molar-refractivity contribution in [2.24, 2.45) is 0 Å². The van der Waals surface area contributed by atoms with Crippen molar-refractivity contribution in [2.75, 3.05) is 0 Å². The Kier molecular flexibility index (Phi) is 3.18. The molecule has 0 bridgehead atoms. The van der Waals surface area contributed by atoms with E-state index in [0.29, 0.717) is 6.42 Å². The highest BCUT2D eigenvalue weighted by atomic mass is 16.3. The second kappa shape index (κ2) is 5.53. The van der Waals surface area contributed by atoms with E-state index in [-0.39, 0.29) is 6.04 Å². The Morgan fingerprint density at radius 1 is 1.08 bits per heavy atom. The molecule has 2 atom stereocenters. The summed E-state index contributed by atoms with van der Waals surface area (Å²) in [5.41, 5.74) is 5.38. The highest BCUT2D eigenvalue weighted by molar-refractivity contribution is 5.79. The van der Waals surface area contributed by atoms with Crippen LogP contribution in [0.1, 0.15) is 29.7 Å². The quantitative estimate of drug-likeness (QED) is 0.616. The molecule has 2 unspecified atom stereocenters. The molecule has 1 aliphatic rings. The fourth-order valence-corrected chi connectivity index (χ4v) is 3.81.